The van der Waals surface area contributed by atoms with Crippen molar-refractivity contribution in [1.82, 2.24) is 19.5 Å². The van der Waals surface area contributed by atoms with Crippen LogP contribution in [0.2, 0.25) is 0 Å². The van der Waals surface area contributed by atoms with Crippen LogP contribution < -0.4 is 5.69 Å². The van der Waals surface area contributed by atoms with E-state index in [1.807, 2.05) is 36.4 Å². The largest absolute Gasteiger partial charge is 0.327 e. The molecule has 0 bridgehead atoms. The van der Waals surface area contributed by atoms with Crippen molar-refractivity contribution in [2.75, 3.05) is 0 Å². The van der Waals surface area contributed by atoms with Crippen LogP contribution in [0.15, 0.2) is 53.7 Å². The summed E-state index contributed by atoms with van der Waals surface area (Å²) in [5, 5.41) is 9.72. The molecule has 0 aliphatic carbocycles. The summed E-state index contributed by atoms with van der Waals surface area (Å²) in [6.45, 7) is -0.00564. The number of hydrogen-bond acceptors (Lipinski definition) is 4. The average molecular weight is 301 g/mol. The van der Waals surface area contributed by atoms with Crippen LogP contribution in [-0.4, -0.2) is 19.5 Å². The lowest BCUT2D eigenvalue weighted by atomic mass is 10.0. The van der Waals surface area contributed by atoms with Crippen molar-refractivity contribution in [1.29, 1.82) is 5.26 Å². The smallest absolute Gasteiger partial charge is 0.305 e. The summed E-state index contributed by atoms with van der Waals surface area (Å²) < 4.78 is 1.39. The van der Waals surface area contributed by atoms with Gasteiger partial charge in [-0.15, -0.1) is 0 Å². The lowest BCUT2D eigenvalue weighted by Gasteiger charge is -2.04. The van der Waals surface area contributed by atoms with E-state index in [2.05, 4.69) is 15.0 Å². The molecular formula is C17H11N5O. The number of H-pyrrole nitrogens is 1. The monoisotopic (exact) mass is 301 g/mol. The first-order valence-corrected chi connectivity index (χ1v) is 7.06. The van der Waals surface area contributed by atoms with E-state index in [0.29, 0.717) is 11.0 Å². The summed E-state index contributed by atoms with van der Waals surface area (Å²) in [7, 11) is 0. The van der Waals surface area contributed by atoms with E-state index in [1.165, 1.54) is 4.57 Å². The van der Waals surface area contributed by atoms with Crippen molar-refractivity contribution in [3.05, 3.63) is 59.4 Å². The van der Waals surface area contributed by atoms with Gasteiger partial charge in [-0.05, 0) is 23.8 Å². The number of nitrogens with zero attached hydrogens (tertiary/aromatic N) is 4. The topological polar surface area (TPSA) is 87.4 Å². The van der Waals surface area contributed by atoms with Crippen LogP contribution in [0.3, 0.4) is 0 Å². The number of benzene rings is 1. The van der Waals surface area contributed by atoms with Gasteiger partial charge in [-0.1, -0.05) is 12.1 Å². The van der Waals surface area contributed by atoms with Crippen LogP contribution >= 0.6 is 0 Å². The van der Waals surface area contributed by atoms with Gasteiger partial charge in [0, 0.05) is 23.3 Å². The summed E-state index contributed by atoms with van der Waals surface area (Å²) in [5.74, 6) is 0. The maximum absolute atomic E-state index is 12.0. The van der Waals surface area contributed by atoms with Gasteiger partial charge in [0.05, 0.1) is 28.8 Å². The Morgan fingerprint density at radius 2 is 2.13 bits per heavy atom. The van der Waals surface area contributed by atoms with E-state index in [-0.39, 0.29) is 12.2 Å². The number of aromatic amines is 1. The predicted molar refractivity (Wildman–Crippen MR) is 86.7 cm³/mol. The van der Waals surface area contributed by atoms with Crippen LogP contribution in [0.1, 0.15) is 0 Å². The lowest BCUT2D eigenvalue weighted by Crippen LogP contribution is -2.15. The van der Waals surface area contributed by atoms with Gasteiger partial charge < -0.3 is 4.98 Å². The molecule has 0 amide bonds. The summed E-state index contributed by atoms with van der Waals surface area (Å²) in [6.07, 6.45) is 5.14. The SMILES string of the molecule is N#CCn1c(=O)[nH]c2c3cc(-c4cccnc4)ccc3ncc21. The van der Waals surface area contributed by atoms with E-state index in [4.69, 9.17) is 5.26 Å². The first-order valence-electron chi connectivity index (χ1n) is 7.06. The van der Waals surface area contributed by atoms with Gasteiger partial charge in [-0.2, -0.15) is 5.26 Å². The third-order valence-electron chi connectivity index (χ3n) is 3.84. The van der Waals surface area contributed by atoms with Gasteiger partial charge >= 0.3 is 5.69 Å². The fraction of sp³-hybridized carbons (Fsp3) is 0.0588. The van der Waals surface area contributed by atoms with E-state index < -0.39 is 0 Å². The highest BCUT2D eigenvalue weighted by Gasteiger charge is 2.11. The molecule has 0 aliphatic rings. The first kappa shape index (κ1) is 13.2. The number of aromatic nitrogens is 4. The lowest BCUT2D eigenvalue weighted by molar-refractivity contribution is 0.816. The Morgan fingerprint density at radius 1 is 1.22 bits per heavy atom. The molecule has 6 heteroatoms. The third kappa shape index (κ3) is 2.07. The number of fused-ring (bicyclic) bond motifs is 3. The first-order chi connectivity index (χ1) is 11.3. The Morgan fingerprint density at radius 3 is 2.91 bits per heavy atom. The van der Waals surface area contributed by atoms with Crippen molar-refractivity contribution >= 4 is 21.9 Å². The summed E-state index contributed by atoms with van der Waals surface area (Å²) in [5.41, 5.74) is 3.80. The summed E-state index contributed by atoms with van der Waals surface area (Å²) in [4.78, 5) is 23.4. The molecule has 0 fully saturated rings. The van der Waals surface area contributed by atoms with E-state index >= 15 is 0 Å². The Labute approximate surface area is 130 Å². The van der Waals surface area contributed by atoms with Crippen LogP contribution in [-0.2, 0) is 6.54 Å². The second-order valence-electron chi connectivity index (χ2n) is 5.17. The van der Waals surface area contributed by atoms with Crippen molar-refractivity contribution in [3.8, 4) is 17.2 Å². The highest BCUT2D eigenvalue weighted by atomic mass is 16.1. The van der Waals surface area contributed by atoms with Gasteiger partial charge in [0.1, 0.15) is 6.54 Å². The summed E-state index contributed by atoms with van der Waals surface area (Å²) in [6, 6.07) is 11.7. The number of imidazole rings is 1. The van der Waals surface area contributed by atoms with Crippen LogP contribution in [0, 0.1) is 11.3 Å². The molecule has 110 valence electrons. The molecule has 4 aromatic rings. The van der Waals surface area contributed by atoms with E-state index in [9.17, 15) is 4.79 Å². The Bertz CT molecular complexity index is 1120. The predicted octanol–water partition coefficient (Wildman–Crippen LogP) is 2.46. The molecular weight excluding hydrogens is 290 g/mol. The molecule has 3 heterocycles. The summed E-state index contributed by atoms with van der Waals surface area (Å²) >= 11 is 0. The molecule has 0 aliphatic heterocycles. The molecule has 1 N–H and O–H groups in total. The second kappa shape index (κ2) is 5.07. The average Bonchev–Trinajstić information content (AvgIpc) is 2.92. The minimum atomic E-state index is -0.303. The van der Waals surface area contributed by atoms with Crippen molar-refractivity contribution in [3.63, 3.8) is 0 Å². The molecule has 0 spiro atoms. The highest BCUT2D eigenvalue weighted by Crippen LogP contribution is 2.26. The molecule has 0 atom stereocenters. The van der Waals surface area contributed by atoms with Crippen molar-refractivity contribution in [2.45, 2.75) is 6.54 Å². The maximum Gasteiger partial charge on any atom is 0.327 e. The zero-order valence-electron chi connectivity index (χ0n) is 12.0. The normalized spacial score (nSPS) is 10.9. The van der Waals surface area contributed by atoms with Gasteiger partial charge in [-0.3, -0.25) is 14.5 Å². The van der Waals surface area contributed by atoms with Gasteiger partial charge in [-0.25, -0.2) is 4.79 Å². The Hall–Kier alpha value is -3.46. The minimum absolute atomic E-state index is 0.00564. The standard InChI is InChI=1S/C17H11N5O/c18-5-7-22-15-10-20-14-4-3-11(12-2-1-6-19-9-12)8-13(14)16(15)21-17(22)23/h1-4,6,8-10H,7H2,(H,21,23). The molecule has 0 radical (unpaired) electrons. The number of hydrogen-bond donors (Lipinski definition) is 1. The van der Waals surface area contributed by atoms with E-state index in [1.54, 1.807) is 18.6 Å². The number of nitrogens with one attached hydrogen (secondary N) is 1. The molecule has 1 aromatic carbocycles. The van der Waals surface area contributed by atoms with E-state index in [0.717, 1.165) is 22.0 Å². The fourth-order valence-corrected chi connectivity index (χ4v) is 2.74. The van der Waals surface area contributed by atoms with Crippen LogP contribution in [0.25, 0.3) is 33.1 Å². The molecule has 3 aromatic heterocycles. The van der Waals surface area contributed by atoms with Crippen molar-refractivity contribution < 1.29 is 0 Å². The molecule has 0 saturated carbocycles. The van der Waals surface area contributed by atoms with Gasteiger partial charge in [0.2, 0.25) is 0 Å². The molecule has 6 nitrogen and oxygen atoms in total. The molecule has 0 unspecified atom stereocenters. The fourth-order valence-electron chi connectivity index (χ4n) is 2.74. The molecule has 0 saturated heterocycles. The van der Waals surface area contributed by atoms with Gasteiger partial charge in [0.25, 0.3) is 0 Å². The zero-order valence-corrected chi connectivity index (χ0v) is 12.0. The quantitative estimate of drug-likeness (QED) is 0.616. The van der Waals surface area contributed by atoms with Crippen molar-refractivity contribution in [2.24, 2.45) is 0 Å². The zero-order chi connectivity index (χ0) is 15.8. The van der Waals surface area contributed by atoms with Gasteiger partial charge in [0.15, 0.2) is 0 Å². The minimum Gasteiger partial charge on any atom is -0.305 e. The maximum atomic E-state index is 12.0. The Balaban J connectivity index is 2.03. The van der Waals surface area contributed by atoms with Crippen LogP contribution in [0.4, 0.5) is 0 Å². The molecule has 4 rings (SSSR count). The number of pyridine rings is 2. The van der Waals surface area contributed by atoms with Crippen LogP contribution in [0.5, 0.6) is 0 Å². The third-order valence-corrected chi connectivity index (χ3v) is 3.84. The Kier molecular flexibility index (Phi) is 2.91. The second-order valence-corrected chi connectivity index (χ2v) is 5.17. The highest BCUT2D eigenvalue weighted by molar-refractivity contribution is 6.03. The molecule has 23 heavy (non-hydrogen) atoms. The number of rotatable bonds is 2. The number of nitriles is 1.